The van der Waals surface area contributed by atoms with E-state index in [0.717, 1.165) is 17.9 Å². The van der Waals surface area contributed by atoms with Gasteiger partial charge in [-0.15, -0.1) is 0 Å². The van der Waals surface area contributed by atoms with Crippen molar-refractivity contribution >= 4 is 21.6 Å². The van der Waals surface area contributed by atoms with Gasteiger partial charge in [0.2, 0.25) is 0 Å². The first kappa shape index (κ1) is 11.3. The Kier molecular flexibility index (Phi) is 6.05. The second-order valence-electron chi connectivity index (χ2n) is 2.35. The van der Waals surface area contributed by atoms with E-state index in [-0.39, 0.29) is 0 Å². The Hall–Kier alpha value is 0.300. The lowest BCUT2D eigenvalue weighted by molar-refractivity contribution is 0.596. The molecule has 0 saturated heterocycles. The van der Waals surface area contributed by atoms with Gasteiger partial charge in [-0.05, 0) is 12.2 Å². The predicted octanol–water partition coefficient (Wildman–Crippen LogP) is 1.56. The highest BCUT2D eigenvalue weighted by atomic mass is 32.2. The van der Waals surface area contributed by atoms with Crippen LogP contribution in [0.25, 0.3) is 0 Å². The largest absolute Gasteiger partial charge is 0.229 e. The highest BCUT2D eigenvalue weighted by Crippen LogP contribution is 2.02. The fourth-order valence-corrected chi connectivity index (χ4v) is 3.35. The average Bonchev–Trinajstić information content (AvgIpc) is 1.87. The molecule has 0 fully saturated rings. The van der Waals surface area contributed by atoms with Gasteiger partial charge in [0.05, 0.1) is 5.75 Å². The number of thioether (sulfide) groups is 1. The van der Waals surface area contributed by atoms with E-state index in [4.69, 9.17) is 0 Å². The molecule has 0 aliphatic heterocycles. The van der Waals surface area contributed by atoms with Gasteiger partial charge < -0.3 is 0 Å². The van der Waals surface area contributed by atoms with Crippen LogP contribution in [-0.4, -0.2) is 31.4 Å². The molecule has 4 heteroatoms. The molecule has 0 radical (unpaired) electrons. The molecule has 68 valence electrons. The van der Waals surface area contributed by atoms with E-state index in [1.165, 1.54) is 0 Å². The van der Waals surface area contributed by atoms with Crippen molar-refractivity contribution in [3.63, 3.8) is 0 Å². The summed E-state index contributed by atoms with van der Waals surface area (Å²) in [4.78, 5) is 0. The fourth-order valence-electron chi connectivity index (χ4n) is 0.743. The van der Waals surface area contributed by atoms with Gasteiger partial charge in [0.15, 0.2) is 9.84 Å². The van der Waals surface area contributed by atoms with Crippen molar-refractivity contribution < 1.29 is 8.42 Å². The van der Waals surface area contributed by atoms with Crippen molar-refractivity contribution in [3.05, 3.63) is 0 Å². The maximum absolute atomic E-state index is 11.1. The van der Waals surface area contributed by atoms with Crippen molar-refractivity contribution in [2.24, 2.45) is 0 Å². The lowest BCUT2D eigenvalue weighted by Crippen LogP contribution is -2.12. The van der Waals surface area contributed by atoms with Crippen molar-refractivity contribution in [3.8, 4) is 0 Å². The molecule has 0 rings (SSSR count). The number of hydrogen-bond acceptors (Lipinski definition) is 3. The predicted molar refractivity (Wildman–Crippen MR) is 51.9 cm³/mol. The average molecular weight is 196 g/mol. The molecule has 0 aromatic carbocycles. The standard InChI is InChI=1S/C7H16O2S2/c1-3-6-11(8,9)7-5-10-4-2/h3-7H2,1-2H3. The first-order valence-electron chi connectivity index (χ1n) is 3.90. The van der Waals surface area contributed by atoms with E-state index in [1.54, 1.807) is 11.8 Å². The molecule has 0 unspecified atom stereocenters. The first-order chi connectivity index (χ1) is 5.12. The molecule has 0 atom stereocenters. The smallest absolute Gasteiger partial charge is 0.151 e. The summed E-state index contributed by atoms with van der Waals surface area (Å²) < 4.78 is 22.2. The molecule has 0 aromatic heterocycles. The SMILES string of the molecule is CCCS(=O)(=O)CCSCC. The van der Waals surface area contributed by atoms with E-state index >= 15 is 0 Å². The van der Waals surface area contributed by atoms with Crippen molar-refractivity contribution in [2.75, 3.05) is 23.0 Å². The van der Waals surface area contributed by atoms with Crippen LogP contribution in [0, 0.1) is 0 Å². The van der Waals surface area contributed by atoms with E-state index < -0.39 is 9.84 Å². The van der Waals surface area contributed by atoms with Crippen molar-refractivity contribution in [2.45, 2.75) is 20.3 Å². The molecule has 0 spiro atoms. The van der Waals surface area contributed by atoms with E-state index in [0.29, 0.717) is 11.5 Å². The van der Waals surface area contributed by atoms with Gasteiger partial charge in [-0.2, -0.15) is 11.8 Å². The zero-order chi connectivity index (χ0) is 8.74. The fraction of sp³-hybridized carbons (Fsp3) is 1.00. The first-order valence-corrected chi connectivity index (χ1v) is 6.88. The highest BCUT2D eigenvalue weighted by Gasteiger charge is 2.07. The number of hydrogen-bond donors (Lipinski definition) is 0. The van der Waals surface area contributed by atoms with Crippen LogP contribution in [-0.2, 0) is 9.84 Å². The van der Waals surface area contributed by atoms with Gasteiger partial charge in [-0.25, -0.2) is 8.42 Å². The Morgan fingerprint density at radius 3 is 2.27 bits per heavy atom. The van der Waals surface area contributed by atoms with Gasteiger partial charge in [0.25, 0.3) is 0 Å². The van der Waals surface area contributed by atoms with Crippen LogP contribution in [0.3, 0.4) is 0 Å². The molecule has 0 aliphatic rings. The minimum Gasteiger partial charge on any atom is -0.229 e. The van der Waals surface area contributed by atoms with E-state index in [2.05, 4.69) is 0 Å². The summed E-state index contributed by atoms with van der Waals surface area (Å²) in [6.45, 7) is 3.93. The topological polar surface area (TPSA) is 34.1 Å². The number of rotatable bonds is 6. The van der Waals surface area contributed by atoms with Crippen molar-refractivity contribution in [1.29, 1.82) is 0 Å². The molecule has 0 heterocycles. The maximum Gasteiger partial charge on any atom is 0.151 e. The van der Waals surface area contributed by atoms with Crippen LogP contribution >= 0.6 is 11.8 Å². The third kappa shape index (κ3) is 6.69. The lowest BCUT2D eigenvalue weighted by Gasteiger charge is -2.00. The molecule has 0 aliphatic carbocycles. The second kappa shape index (κ2) is 5.89. The van der Waals surface area contributed by atoms with Crippen LogP contribution in [0.4, 0.5) is 0 Å². The summed E-state index contributed by atoms with van der Waals surface area (Å²) in [5, 5.41) is 0. The minimum atomic E-state index is -2.72. The minimum absolute atomic E-state index is 0.345. The molecule has 0 bridgehead atoms. The Labute approximate surface area is 73.7 Å². The summed E-state index contributed by atoms with van der Waals surface area (Å²) in [6, 6.07) is 0. The zero-order valence-electron chi connectivity index (χ0n) is 7.17. The van der Waals surface area contributed by atoms with Gasteiger partial charge in [0, 0.05) is 11.5 Å². The number of sulfone groups is 1. The summed E-state index contributed by atoms with van der Waals surface area (Å²) in [7, 11) is -2.72. The van der Waals surface area contributed by atoms with Crippen LogP contribution < -0.4 is 0 Å². The van der Waals surface area contributed by atoms with Crippen LogP contribution in [0.15, 0.2) is 0 Å². The third-order valence-corrected chi connectivity index (χ3v) is 4.27. The van der Waals surface area contributed by atoms with Crippen LogP contribution in [0.5, 0.6) is 0 Å². The maximum atomic E-state index is 11.1. The van der Waals surface area contributed by atoms with Gasteiger partial charge >= 0.3 is 0 Å². The summed E-state index contributed by atoms with van der Waals surface area (Å²) in [5.41, 5.74) is 0. The lowest BCUT2D eigenvalue weighted by atomic mass is 10.6. The zero-order valence-corrected chi connectivity index (χ0v) is 8.80. The summed E-state index contributed by atoms with van der Waals surface area (Å²) in [5.74, 6) is 2.44. The summed E-state index contributed by atoms with van der Waals surface area (Å²) in [6.07, 6.45) is 0.735. The highest BCUT2D eigenvalue weighted by molar-refractivity contribution is 8.00. The van der Waals surface area contributed by atoms with Crippen LogP contribution in [0.1, 0.15) is 20.3 Å². The Morgan fingerprint density at radius 2 is 1.82 bits per heavy atom. The summed E-state index contributed by atoms with van der Waals surface area (Å²) >= 11 is 1.68. The Morgan fingerprint density at radius 1 is 1.18 bits per heavy atom. The Bertz CT molecular complexity index is 173. The molecular weight excluding hydrogens is 180 g/mol. The van der Waals surface area contributed by atoms with E-state index in [1.807, 2.05) is 13.8 Å². The molecule has 0 saturated carbocycles. The van der Waals surface area contributed by atoms with Gasteiger partial charge in [-0.3, -0.25) is 0 Å². The quantitative estimate of drug-likeness (QED) is 0.605. The monoisotopic (exact) mass is 196 g/mol. The molecule has 11 heavy (non-hydrogen) atoms. The molecular formula is C7H16O2S2. The van der Waals surface area contributed by atoms with Gasteiger partial charge in [0.1, 0.15) is 0 Å². The molecule has 0 N–H and O–H groups in total. The normalized spacial score (nSPS) is 11.8. The third-order valence-electron chi connectivity index (χ3n) is 1.26. The van der Waals surface area contributed by atoms with E-state index in [9.17, 15) is 8.42 Å². The molecule has 0 aromatic rings. The van der Waals surface area contributed by atoms with Gasteiger partial charge in [-0.1, -0.05) is 13.8 Å². The van der Waals surface area contributed by atoms with Crippen molar-refractivity contribution in [1.82, 2.24) is 0 Å². The van der Waals surface area contributed by atoms with Crippen LogP contribution in [0.2, 0.25) is 0 Å². The second-order valence-corrected chi connectivity index (χ2v) is 6.05. The Balaban J connectivity index is 3.56. The molecule has 2 nitrogen and oxygen atoms in total. The molecule has 0 amide bonds.